The highest BCUT2D eigenvalue weighted by atomic mass is 32.1. The van der Waals surface area contributed by atoms with Gasteiger partial charge in [-0.25, -0.2) is 4.98 Å². The normalized spacial score (nSPS) is 15.6. The van der Waals surface area contributed by atoms with Gasteiger partial charge in [-0.2, -0.15) is 0 Å². The van der Waals surface area contributed by atoms with Gasteiger partial charge in [0.2, 0.25) is 5.91 Å². The highest BCUT2D eigenvalue weighted by Gasteiger charge is 2.27. The molecule has 0 aliphatic carbocycles. The summed E-state index contributed by atoms with van der Waals surface area (Å²) in [7, 11) is 2.11. The van der Waals surface area contributed by atoms with Crippen LogP contribution in [0.4, 0.5) is 0 Å². The van der Waals surface area contributed by atoms with Crippen molar-refractivity contribution in [2.24, 2.45) is 5.92 Å². The zero-order valence-electron chi connectivity index (χ0n) is 26.6. The molecular weight excluding hydrogens is 568 g/mol. The molecular formula is C36H48N4O3S. The molecule has 0 spiro atoms. The molecule has 236 valence electrons. The van der Waals surface area contributed by atoms with Crippen molar-refractivity contribution in [2.45, 2.75) is 71.3 Å². The van der Waals surface area contributed by atoms with E-state index >= 15 is 0 Å². The Kier molecular flexibility index (Phi) is 12.8. The van der Waals surface area contributed by atoms with Crippen LogP contribution >= 0.6 is 11.3 Å². The third kappa shape index (κ3) is 10.2. The Balaban J connectivity index is 1.45. The van der Waals surface area contributed by atoms with E-state index in [-0.39, 0.29) is 29.9 Å². The largest absolute Gasteiger partial charge is 0.353 e. The second-order valence-electron chi connectivity index (χ2n) is 12.2. The summed E-state index contributed by atoms with van der Waals surface area (Å²) < 4.78 is 1.11. The second kappa shape index (κ2) is 16.8. The van der Waals surface area contributed by atoms with Gasteiger partial charge >= 0.3 is 0 Å². The number of thiazole rings is 1. The Bertz CT molecular complexity index is 1410. The number of aryl methyl sites for hydroxylation is 1. The van der Waals surface area contributed by atoms with Crippen LogP contribution in [-0.4, -0.2) is 78.1 Å². The first-order valence-corrected chi connectivity index (χ1v) is 16.9. The van der Waals surface area contributed by atoms with Crippen LogP contribution < -0.4 is 5.32 Å². The van der Waals surface area contributed by atoms with Crippen molar-refractivity contribution < 1.29 is 14.4 Å². The molecule has 2 aromatic carbocycles. The van der Waals surface area contributed by atoms with Gasteiger partial charge in [0, 0.05) is 70.0 Å². The Morgan fingerprint density at radius 3 is 2.43 bits per heavy atom. The summed E-state index contributed by atoms with van der Waals surface area (Å²) in [5.41, 5.74) is 3.91. The van der Waals surface area contributed by atoms with Crippen molar-refractivity contribution in [1.29, 1.82) is 0 Å². The third-order valence-electron chi connectivity index (χ3n) is 8.50. The molecule has 1 N–H and O–H groups in total. The first-order chi connectivity index (χ1) is 21.2. The van der Waals surface area contributed by atoms with Gasteiger partial charge in [-0.3, -0.25) is 19.3 Å². The van der Waals surface area contributed by atoms with E-state index in [1.807, 2.05) is 43.3 Å². The van der Waals surface area contributed by atoms with Gasteiger partial charge in [0.15, 0.2) is 5.78 Å². The second-order valence-corrected chi connectivity index (χ2v) is 13.3. The predicted octanol–water partition coefficient (Wildman–Crippen LogP) is 5.66. The number of amides is 1. The molecule has 1 aliphatic heterocycles. The Hall–Kier alpha value is -3.20. The average Bonchev–Trinajstić information content (AvgIpc) is 3.42. The van der Waals surface area contributed by atoms with Crippen LogP contribution in [0.25, 0.3) is 10.2 Å². The first-order valence-electron chi connectivity index (χ1n) is 16.1. The zero-order valence-corrected chi connectivity index (χ0v) is 27.5. The van der Waals surface area contributed by atoms with Crippen LogP contribution in [0.2, 0.25) is 0 Å². The molecule has 8 heteroatoms. The van der Waals surface area contributed by atoms with Crippen molar-refractivity contribution in [2.75, 3.05) is 39.8 Å². The highest BCUT2D eigenvalue weighted by Crippen LogP contribution is 2.27. The van der Waals surface area contributed by atoms with E-state index in [1.54, 1.807) is 11.3 Å². The number of piperazine rings is 1. The number of Topliss-reactive ketones (excluding diaryl/α,β-unsaturated/α-hetero) is 2. The Morgan fingerprint density at radius 2 is 1.73 bits per heavy atom. The topological polar surface area (TPSA) is 82.6 Å². The molecule has 44 heavy (non-hydrogen) atoms. The number of hydrogen-bond donors (Lipinski definition) is 1. The van der Waals surface area contributed by atoms with Crippen molar-refractivity contribution in [1.82, 2.24) is 20.1 Å². The first kappa shape index (κ1) is 33.7. The summed E-state index contributed by atoms with van der Waals surface area (Å²) in [4.78, 5) is 49.2. The summed E-state index contributed by atoms with van der Waals surface area (Å²) in [6.07, 6.45) is 4.22. The van der Waals surface area contributed by atoms with Gasteiger partial charge in [0.1, 0.15) is 5.78 Å². The SMILES string of the molecule is C=C(CN1CCN(C)CC1)C(=O)CC[C@H](Cc1ccccc1)NC(=O)[C@@H](CC(=O)CCC)Cc1nc2ccc(CC)cc2s1. The number of nitrogens with zero attached hydrogens (tertiary/aromatic N) is 3. The lowest BCUT2D eigenvalue weighted by molar-refractivity contribution is -0.130. The predicted molar refractivity (Wildman–Crippen MR) is 180 cm³/mol. The average molecular weight is 617 g/mol. The maximum atomic E-state index is 13.9. The fourth-order valence-corrected chi connectivity index (χ4v) is 6.85. The molecule has 0 bridgehead atoms. The van der Waals surface area contributed by atoms with Gasteiger partial charge in [0.25, 0.3) is 0 Å². The number of rotatable bonds is 17. The number of hydrogen-bond acceptors (Lipinski definition) is 7. The summed E-state index contributed by atoms with van der Waals surface area (Å²) in [6.45, 7) is 12.7. The van der Waals surface area contributed by atoms with E-state index < -0.39 is 5.92 Å². The monoisotopic (exact) mass is 616 g/mol. The fraction of sp³-hybridized carbons (Fsp3) is 0.500. The smallest absolute Gasteiger partial charge is 0.224 e. The van der Waals surface area contributed by atoms with Crippen molar-refractivity contribution in [3.8, 4) is 0 Å². The zero-order chi connectivity index (χ0) is 31.5. The molecule has 1 amide bonds. The summed E-state index contributed by atoms with van der Waals surface area (Å²) in [5.74, 6) is -0.516. The Morgan fingerprint density at radius 1 is 0.977 bits per heavy atom. The summed E-state index contributed by atoms with van der Waals surface area (Å²) >= 11 is 1.60. The molecule has 2 atom stereocenters. The van der Waals surface area contributed by atoms with E-state index in [2.05, 4.69) is 47.8 Å². The number of likely N-dealkylation sites (N-methyl/N-ethyl adjacent to an activating group) is 1. The number of fused-ring (bicyclic) bond motifs is 1. The van der Waals surface area contributed by atoms with E-state index in [0.717, 1.165) is 59.8 Å². The molecule has 7 nitrogen and oxygen atoms in total. The summed E-state index contributed by atoms with van der Waals surface area (Å²) in [6, 6.07) is 16.1. The number of ketones is 2. The molecule has 1 aromatic heterocycles. The van der Waals surface area contributed by atoms with Crippen molar-refractivity contribution in [3.05, 3.63) is 76.8 Å². The maximum absolute atomic E-state index is 13.9. The van der Waals surface area contributed by atoms with E-state index in [1.165, 1.54) is 5.56 Å². The number of carbonyl (C=O) groups excluding carboxylic acids is 3. The van der Waals surface area contributed by atoms with E-state index in [0.29, 0.717) is 44.2 Å². The molecule has 2 heterocycles. The van der Waals surface area contributed by atoms with Crippen LogP contribution in [0.15, 0.2) is 60.7 Å². The fourth-order valence-electron chi connectivity index (χ4n) is 5.74. The lowest BCUT2D eigenvalue weighted by Gasteiger charge is -2.32. The van der Waals surface area contributed by atoms with Gasteiger partial charge in [-0.15, -0.1) is 11.3 Å². The van der Waals surface area contributed by atoms with Gasteiger partial charge in [-0.1, -0.05) is 56.8 Å². The van der Waals surface area contributed by atoms with E-state index in [9.17, 15) is 14.4 Å². The van der Waals surface area contributed by atoms with E-state index in [4.69, 9.17) is 4.98 Å². The summed E-state index contributed by atoms with van der Waals surface area (Å²) in [5, 5.41) is 4.12. The quantitative estimate of drug-likeness (QED) is 0.197. The minimum atomic E-state index is -0.513. The van der Waals surface area contributed by atoms with Gasteiger partial charge in [-0.05, 0) is 56.0 Å². The van der Waals surface area contributed by atoms with Gasteiger partial charge in [0.05, 0.1) is 21.1 Å². The maximum Gasteiger partial charge on any atom is 0.224 e. The molecule has 1 fully saturated rings. The highest BCUT2D eigenvalue weighted by molar-refractivity contribution is 7.18. The van der Waals surface area contributed by atoms with Crippen LogP contribution in [-0.2, 0) is 33.6 Å². The molecule has 3 aromatic rings. The minimum Gasteiger partial charge on any atom is -0.353 e. The number of nitrogens with one attached hydrogen (secondary N) is 1. The minimum absolute atomic E-state index is 0.0480. The van der Waals surface area contributed by atoms with Crippen molar-refractivity contribution in [3.63, 3.8) is 0 Å². The lowest BCUT2D eigenvalue weighted by atomic mass is 9.94. The standard InChI is InChI=1S/C36H48N4O3S/c1-5-10-31(41)23-29(24-35-38-32-15-13-27(6-2)22-34(32)44-35)36(43)37-30(21-28-11-8-7-9-12-28)14-16-33(42)26(3)25-40-19-17-39(4)18-20-40/h7-9,11-13,15,22,29-30H,3,5-6,10,14,16-21,23-25H2,1-2,4H3,(H,37,43)/t29-,30+/m0/s1. The van der Waals surface area contributed by atoms with Crippen LogP contribution in [0.3, 0.4) is 0 Å². The molecule has 1 saturated heterocycles. The van der Waals surface area contributed by atoms with Gasteiger partial charge < -0.3 is 10.2 Å². The molecule has 0 unspecified atom stereocenters. The molecule has 0 radical (unpaired) electrons. The van der Waals surface area contributed by atoms with Crippen molar-refractivity contribution >= 4 is 39.0 Å². The molecule has 4 rings (SSSR count). The molecule has 0 saturated carbocycles. The number of carbonyl (C=O) groups is 3. The molecule has 1 aliphatic rings. The number of benzene rings is 2. The Labute approximate surface area is 266 Å². The van der Waals surface area contributed by atoms with Crippen LogP contribution in [0.1, 0.15) is 62.1 Å². The third-order valence-corrected chi connectivity index (χ3v) is 9.54. The number of aromatic nitrogens is 1. The van der Waals surface area contributed by atoms with Crippen LogP contribution in [0.5, 0.6) is 0 Å². The van der Waals surface area contributed by atoms with Crippen LogP contribution in [0, 0.1) is 5.92 Å². The lowest BCUT2D eigenvalue weighted by Crippen LogP contribution is -2.45.